The summed E-state index contributed by atoms with van der Waals surface area (Å²) < 4.78 is 6.73. The van der Waals surface area contributed by atoms with Gasteiger partial charge < -0.3 is 19.3 Å². The van der Waals surface area contributed by atoms with Gasteiger partial charge in [-0.3, -0.25) is 0 Å². The van der Waals surface area contributed by atoms with Gasteiger partial charge in [-0.2, -0.15) is 0 Å². The van der Waals surface area contributed by atoms with Gasteiger partial charge in [0.1, 0.15) is 11.4 Å². The third-order valence-electron chi connectivity index (χ3n) is 3.45. The number of benzene rings is 1. The van der Waals surface area contributed by atoms with E-state index in [0.29, 0.717) is 5.69 Å². The Labute approximate surface area is 113 Å². The number of carboxylic acids is 1. The number of aromatic hydroxyl groups is 1. The number of aromatic nitrogens is 2. The second-order valence-corrected chi connectivity index (χ2v) is 4.60. The normalized spacial score (nSPS) is 11.1. The van der Waals surface area contributed by atoms with E-state index in [4.69, 9.17) is 9.63 Å². The lowest BCUT2D eigenvalue weighted by molar-refractivity contribution is 0.0652. The minimum absolute atomic E-state index is 0.177. The zero-order valence-electron chi connectivity index (χ0n) is 10.9. The lowest BCUT2D eigenvalue weighted by Gasteiger charge is -1.98. The molecule has 102 valence electrons. The average Bonchev–Trinajstić information content (AvgIpc) is 2.96. The molecule has 3 rings (SSSR count). The molecule has 6 nitrogen and oxygen atoms in total. The minimum atomic E-state index is -1.15. The number of nitrogens with zero attached hydrogens (tertiary/aromatic N) is 2. The van der Waals surface area contributed by atoms with Gasteiger partial charge in [0.25, 0.3) is 0 Å². The monoisotopic (exact) mass is 272 g/mol. The van der Waals surface area contributed by atoms with E-state index in [1.54, 1.807) is 18.2 Å². The van der Waals surface area contributed by atoms with E-state index in [1.807, 2.05) is 18.5 Å². The first-order valence-electron chi connectivity index (χ1n) is 5.97. The van der Waals surface area contributed by atoms with Crippen LogP contribution in [0.25, 0.3) is 22.2 Å². The van der Waals surface area contributed by atoms with E-state index >= 15 is 0 Å². The number of phenolic OH excluding ortho intramolecular Hbond substituents is 1. The molecular formula is C14H12N2O4. The number of hydrogen-bond donors (Lipinski definition) is 2. The molecule has 0 atom stereocenters. The van der Waals surface area contributed by atoms with Crippen molar-refractivity contribution >= 4 is 16.9 Å². The molecule has 2 heterocycles. The van der Waals surface area contributed by atoms with E-state index in [2.05, 4.69) is 5.16 Å². The van der Waals surface area contributed by atoms with Crippen LogP contribution in [-0.4, -0.2) is 25.9 Å². The molecule has 6 heteroatoms. The van der Waals surface area contributed by atoms with Gasteiger partial charge in [0.05, 0.1) is 5.52 Å². The Morgan fingerprint density at radius 2 is 2.10 bits per heavy atom. The van der Waals surface area contributed by atoms with Gasteiger partial charge in [0.2, 0.25) is 5.76 Å². The highest BCUT2D eigenvalue weighted by Gasteiger charge is 2.19. The SMILES string of the molecule is Cc1c(-c2cc(C(=O)O)on2)c2ccc(O)cc2n1C. The molecule has 2 N–H and O–H groups in total. The van der Waals surface area contributed by atoms with Crippen LogP contribution in [0, 0.1) is 6.92 Å². The van der Waals surface area contributed by atoms with Crippen LogP contribution in [0.5, 0.6) is 5.75 Å². The van der Waals surface area contributed by atoms with Gasteiger partial charge in [-0.25, -0.2) is 4.79 Å². The molecule has 2 aromatic heterocycles. The number of aromatic carboxylic acids is 1. The highest BCUT2D eigenvalue weighted by Crippen LogP contribution is 2.35. The fourth-order valence-corrected chi connectivity index (χ4v) is 2.37. The first-order valence-corrected chi connectivity index (χ1v) is 5.97. The zero-order chi connectivity index (χ0) is 14.4. The first-order chi connectivity index (χ1) is 9.49. The third-order valence-corrected chi connectivity index (χ3v) is 3.45. The van der Waals surface area contributed by atoms with Crippen LogP contribution in [0.15, 0.2) is 28.8 Å². The molecule has 0 amide bonds. The Morgan fingerprint density at radius 1 is 1.35 bits per heavy atom. The lowest BCUT2D eigenvalue weighted by atomic mass is 10.1. The molecule has 0 aliphatic heterocycles. The molecule has 0 spiro atoms. The van der Waals surface area contributed by atoms with E-state index < -0.39 is 5.97 Å². The summed E-state index contributed by atoms with van der Waals surface area (Å²) >= 11 is 0. The quantitative estimate of drug-likeness (QED) is 0.748. The maximum absolute atomic E-state index is 10.9. The number of fused-ring (bicyclic) bond motifs is 1. The zero-order valence-corrected chi connectivity index (χ0v) is 10.9. The lowest BCUT2D eigenvalue weighted by Crippen LogP contribution is -1.92. The molecular weight excluding hydrogens is 260 g/mol. The molecule has 20 heavy (non-hydrogen) atoms. The molecule has 0 aliphatic rings. The summed E-state index contributed by atoms with van der Waals surface area (Å²) in [5, 5.41) is 23.2. The number of phenols is 1. The number of hydrogen-bond acceptors (Lipinski definition) is 4. The highest BCUT2D eigenvalue weighted by atomic mass is 16.5. The molecule has 0 radical (unpaired) electrons. The topological polar surface area (TPSA) is 88.5 Å². The van der Waals surface area contributed by atoms with Crippen LogP contribution in [0.3, 0.4) is 0 Å². The van der Waals surface area contributed by atoms with Gasteiger partial charge in [-0.05, 0) is 19.1 Å². The van der Waals surface area contributed by atoms with Crippen molar-refractivity contribution < 1.29 is 19.5 Å². The summed E-state index contributed by atoms with van der Waals surface area (Å²) in [5.41, 5.74) is 3.03. The van der Waals surface area contributed by atoms with E-state index in [1.165, 1.54) is 6.07 Å². The molecule has 3 aromatic rings. The van der Waals surface area contributed by atoms with Crippen molar-refractivity contribution in [2.24, 2.45) is 7.05 Å². The maximum Gasteiger partial charge on any atom is 0.374 e. The highest BCUT2D eigenvalue weighted by molar-refractivity contribution is 5.98. The van der Waals surface area contributed by atoms with E-state index in [0.717, 1.165) is 22.2 Å². The molecule has 0 saturated carbocycles. The van der Waals surface area contributed by atoms with Crippen LogP contribution in [-0.2, 0) is 7.05 Å². The van der Waals surface area contributed by atoms with Crippen molar-refractivity contribution in [3.63, 3.8) is 0 Å². The van der Waals surface area contributed by atoms with Crippen LogP contribution < -0.4 is 0 Å². The molecule has 0 aliphatic carbocycles. The summed E-state index contributed by atoms with van der Waals surface area (Å²) in [6.07, 6.45) is 0. The van der Waals surface area contributed by atoms with Crippen molar-refractivity contribution in [2.45, 2.75) is 6.92 Å². The average molecular weight is 272 g/mol. The Kier molecular flexibility index (Phi) is 2.53. The predicted molar refractivity (Wildman–Crippen MR) is 71.8 cm³/mol. The maximum atomic E-state index is 10.9. The molecule has 0 unspecified atom stereocenters. The second kappa shape index (κ2) is 4.12. The van der Waals surface area contributed by atoms with Gasteiger partial charge in [-0.1, -0.05) is 5.16 Å². The third kappa shape index (κ3) is 1.65. The smallest absolute Gasteiger partial charge is 0.374 e. The Hall–Kier alpha value is -2.76. The van der Waals surface area contributed by atoms with Crippen molar-refractivity contribution in [3.8, 4) is 17.0 Å². The Morgan fingerprint density at radius 3 is 2.75 bits per heavy atom. The molecule has 0 saturated heterocycles. The van der Waals surface area contributed by atoms with Gasteiger partial charge in [0.15, 0.2) is 0 Å². The van der Waals surface area contributed by atoms with Crippen molar-refractivity contribution in [1.29, 1.82) is 0 Å². The molecule has 0 bridgehead atoms. The fraction of sp³-hybridized carbons (Fsp3) is 0.143. The summed E-state index contributed by atoms with van der Waals surface area (Å²) in [6, 6.07) is 6.42. The fourth-order valence-electron chi connectivity index (χ4n) is 2.37. The van der Waals surface area contributed by atoms with Crippen LogP contribution in [0.4, 0.5) is 0 Å². The molecule has 0 fully saturated rings. The Balaban J connectivity index is 2.30. The predicted octanol–water partition coefficient (Wildman–Crippen LogP) is 2.55. The van der Waals surface area contributed by atoms with Gasteiger partial charge in [-0.15, -0.1) is 0 Å². The second-order valence-electron chi connectivity index (χ2n) is 4.60. The van der Waals surface area contributed by atoms with Crippen molar-refractivity contribution in [1.82, 2.24) is 9.72 Å². The van der Waals surface area contributed by atoms with Crippen molar-refractivity contribution in [3.05, 3.63) is 35.7 Å². The number of carbonyl (C=O) groups is 1. The van der Waals surface area contributed by atoms with Gasteiger partial charge >= 0.3 is 5.97 Å². The summed E-state index contributed by atoms with van der Waals surface area (Å²) in [4.78, 5) is 10.9. The van der Waals surface area contributed by atoms with Crippen LogP contribution in [0.2, 0.25) is 0 Å². The largest absolute Gasteiger partial charge is 0.508 e. The van der Waals surface area contributed by atoms with Gasteiger partial charge in [0, 0.05) is 35.8 Å². The number of aryl methyl sites for hydroxylation is 1. The van der Waals surface area contributed by atoms with E-state index in [9.17, 15) is 9.90 Å². The number of rotatable bonds is 2. The standard InChI is InChI=1S/C14H12N2O4/c1-7-13(10-6-12(14(18)19)20-15-10)9-4-3-8(17)5-11(9)16(7)2/h3-6,17H,1-2H3,(H,18,19). The van der Waals surface area contributed by atoms with Crippen LogP contribution >= 0.6 is 0 Å². The number of carboxylic acid groups (broad SMARTS) is 1. The summed E-state index contributed by atoms with van der Waals surface area (Å²) in [6.45, 7) is 1.90. The van der Waals surface area contributed by atoms with E-state index in [-0.39, 0.29) is 11.5 Å². The Bertz CT molecular complexity index is 829. The summed E-state index contributed by atoms with van der Waals surface area (Å²) in [7, 11) is 1.87. The molecule has 1 aromatic carbocycles. The van der Waals surface area contributed by atoms with Crippen LogP contribution in [0.1, 0.15) is 16.2 Å². The minimum Gasteiger partial charge on any atom is -0.508 e. The summed E-state index contributed by atoms with van der Waals surface area (Å²) in [5.74, 6) is -1.18. The van der Waals surface area contributed by atoms with Crippen molar-refractivity contribution in [2.75, 3.05) is 0 Å². The first kappa shape index (κ1) is 12.3.